The third kappa shape index (κ3) is 1.18. The monoisotopic (exact) mass is 167 g/mol. The lowest BCUT2D eigenvalue weighted by molar-refractivity contribution is 0.0694. The molecule has 1 atom stereocenters. The number of nitrogens with zero attached hydrogens (tertiary/aromatic N) is 1. The van der Waals surface area contributed by atoms with E-state index in [4.69, 9.17) is 4.74 Å². The summed E-state index contributed by atoms with van der Waals surface area (Å²) in [5.41, 5.74) is 0. The van der Waals surface area contributed by atoms with Crippen LogP contribution in [0.5, 0.6) is 0 Å². The number of likely N-dealkylation sites (N-methyl/N-ethyl adjacent to an activating group) is 1. The van der Waals surface area contributed by atoms with Gasteiger partial charge in [0.05, 0.1) is 0 Å². The highest BCUT2D eigenvalue weighted by molar-refractivity contribution is 7.80. The molecule has 0 aromatic carbocycles. The van der Waals surface area contributed by atoms with Gasteiger partial charge in [0.25, 0.3) is 11.6 Å². The minimum atomic E-state index is -2.38. The smallest absolute Gasteiger partial charge is 0.262 e. The quantitative estimate of drug-likeness (QED) is 0.537. The predicted molar refractivity (Wildman–Crippen MR) is 36.1 cm³/mol. The molecule has 0 aliphatic carbocycles. The number of alkyl halides is 2. The Bertz CT molecular complexity index is 153. The summed E-state index contributed by atoms with van der Waals surface area (Å²) < 4.78 is 28.7. The molecular weight excluding hydrogens is 160 g/mol. The first-order valence-electron chi connectivity index (χ1n) is 2.80. The highest BCUT2D eigenvalue weighted by Gasteiger charge is 2.33. The molecule has 0 aromatic heterocycles. The standard InChI is InChI=1S/C5H7F2NOS/c1-8-3(4(6)7)2-9-5(8)10/h3-4H,2H2,1H3. The Morgan fingerprint density at radius 2 is 2.40 bits per heavy atom. The van der Waals surface area contributed by atoms with Gasteiger partial charge < -0.3 is 9.64 Å². The summed E-state index contributed by atoms with van der Waals surface area (Å²) in [6.07, 6.45) is -2.38. The fraction of sp³-hybridized carbons (Fsp3) is 0.800. The number of hydrogen-bond donors (Lipinski definition) is 0. The lowest BCUT2D eigenvalue weighted by atomic mass is 10.3. The average Bonchev–Trinajstić information content (AvgIpc) is 2.14. The maximum Gasteiger partial charge on any atom is 0.262 e. The molecule has 2 nitrogen and oxygen atoms in total. The van der Waals surface area contributed by atoms with Crippen molar-refractivity contribution in [3.05, 3.63) is 0 Å². The van der Waals surface area contributed by atoms with Crippen molar-refractivity contribution in [2.24, 2.45) is 0 Å². The molecule has 0 bridgehead atoms. The van der Waals surface area contributed by atoms with Crippen molar-refractivity contribution < 1.29 is 13.5 Å². The zero-order chi connectivity index (χ0) is 7.72. The van der Waals surface area contributed by atoms with Gasteiger partial charge >= 0.3 is 0 Å². The molecule has 1 unspecified atom stereocenters. The van der Waals surface area contributed by atoms with Gasteiger partial charge in [0.2, 0.25) is 0 Å². The highest BCUT2D eigenvalue weighted by atomic mass is 32.1. The molecule has 0 spiro atoms. The van der Waals surface area contributed by atoms with Crippen LogP contribution in [0.25, 0.3) is 0 Å². The molecule has 0 N–H and O–H groups in total. The van der Waals surface area contributed by atoms with Gasteiger partial charge in [-0.15, -0.1) is 0 Å². The van der Waals surface area contributed by atoms with Crippen LogP contribution < -0.4 is 0 Å². The van der Waals surface area contributed by atoms with Crippen LogP contribution in [0.3, 0.4) is 0 Å². The maximum atomic E-state index is 12.0. The fourth-order valence-electron chi connectivity index (χ4n) is 0.747. The first-order chi connectivity index (χ1) is 4.63. The molecule has 1 rings (SSSR count). The Labute approximate surface area is 62.8 Å². The Hall–Kier alpha value is -0.450. The molecule has 10 heavy (non-hydrogen) atoms. The van der Waals surface area contributed by atoms with E-state index in [1.807, 2.05) is 0 Å². The lowest BCUT2D eigenvalue weighted by Gasteiger charge is -2.15. The molecule has 58 valence electrons. The molecule has 1 aliphatic rings. The van der Waals surface area contributed by atoms with Crippen LogP contribution in [0, 0.1) is 0 Å². The van der Waals surface area contributed by atoms with Gasteiger partial charge in [0.15, 0.2) is 0 Å². The van der Waals surface area contributed by atoms with Gasteiger partial charge in [0.1, 0.15) is 12.6 Å². The zero-order valence-electron chi connectivity index (χ0n) is 5.38. The summed E-state index contributed by atoms with van der Waals surface area (Å²) >= 11 is 4.61. The van der Waals surface area contributed by atoms with Crippen LogP contribution in [0.15, 0.2) is 0 Å². The van der Waals surface area contributed by atoms with E-state index in [1.54, 1.807) is 0 Å². The first kappa shape index (κ1) is 7.65. The van der Waals surface area contributed by atoms with Gasteiger partial charge in [-0.25, -0.2) is 8.78 Å². The molecule has 0 amide bonds. The van der Waals surface area contributed by atoms with Crippen molar-refractivity contribution in [3.8, 4) is 0 Å². The largest absolute Gasteiger partial charge is 0.468 e. The van der Waals surface area contributed by atoms with Crippen LogP contribution in [0.4, 0.5) is 8.78 Å². The summed E-state index contributed by atoms with van der Waals surface area (Å²) in [5.74, 6) is 0. The lowest BCUT2D eigenvalue weighted by Crippen LogP contribution is -2.34. The summed E-state index contributed by atoms with van der Waals surface area (Å²) in [4.78, 5) is 1.28. The molecule has 1 heterocycles. The molecule has 0 radical (unpaired) electrons. The minimum absolute atomic E-state index is 0.00694. The van der Waals surface area contributed by atoms with E-state index in [9.17, 15) is 8.78 Å². The van der Waals surface area contributed by atoms with Gasteiger partial charge in [-0.3, -0.25) is 0 Å². The van der Waals surface area contributed by atoms with E-state index in [0.29, 0.717) is 0 Å². The van der Waals surface area contributed by atoms with E-state index in [2.05, 4.69) is 12.2 Å². The second-order valence-corrected chi connectivity index (χ2v) is 2.44. The normalized spacial score (nSPS) is 25.8. The fourth-order valence-corrected chi connectivity index (χ4v) is 0.951. The number of ether oxygens (including phenoxy) is 1. The molecule has 1 saturated heterocycles. The Kier molecular flexibility index (Phi) is 2.03. The van der Waals surface area contributed by atoms with Gasteiger partial charge in [-0.2, -0.15) is 0 Å². The Morgan fingerprint density at radius 1 is 1.80 bits per heavy atom. The summed E-state index contributed by atoms with van der Waals surface area (Å²) in [6, 6.07) is -0.854. The molecule has 1 aliphatic heterocycles. The van der Waals surface area contributed by atoms with Crippen molar-refractivity contribution in [1.29, 1.82) is 0 Å². The predicted octanol–water partition coefficient (Wildman–Crippen LogP) is 0.867. The van der Waals surface area contributed by atoms with Crippen molar-refractivity contribution in [1.82, 2.24) is 4.90 Å². The van der Waals surface area contributed by atoms with E-state index in [1.165, 1.54) is 11.9 Å². The van der Waals surface area contributed by atoms with E-state index in [0.717, 1.165) is 0 Å². The van der Waals surface area contributed by atoms with Gasteiger partial charge in [-0.05, 0) is 12.2 Å². The Morgan fingerprint density at radius 3 is 2.60 bits per heavy atom. The molecule has 1 fully saturated rings. The van der Waals surface area contributed by atoms with Crippen molar-refractivity contribution in [3.63, 3.8) is 0 Å². The van der Waals surface area contributed by atoms with Crippen molar-refractivity contribution in [2.45, 2.75) is 12.5 Å². The topological polar surface area (TPSA) is 12.5 Å². The van der Waals surface area contributed by atoms with Gasteiger partial charge in [-0.1, -0.05) is 0 Å². The molecule has 5 heteroatoms. The first-order valence-corrected chi connectivity index (χ1v) is 3.21. The third-order valence-electron chi connectivity index (χ3n) is 1.45. The van der Waals surface area contributed by atoms with Crippen LogP contribution in [-0.2, 0) is 4.74 Å². The van der Waals surface area contributed by atoms with Crippen LogP contribution in [-0.4, -0.2) is 36.2 Å². The molecular formula is C5H7F2NOS. The average molecular weight is 167 g/mol. The van der Waals surface area contributed by atoms with Crippen LogP contribution in [0.1, 0.15) is 0 Å². The number of thiocarbonyl (C=S) groups is 1. The van der Waals surface area contributed by atoms with E-state index >= 15 is 0 Å². The number of halogens is 2. The Balaban J connectivity index is 2.57. The maximum absolute atomic E-state index is 12.0. The van der Waals surface area contributed by atoms with Crippen molar-refractivity contribution >= 4 is 17.4 Å². The highest BCUT2D eigenvalue weighted by Crippen LogP contribution is 2.15. The molecule has 0 aromatic rings. The van der Waals surface area contributed by atoms with Crippen LogP contribution in [0.2, 0.25) is 0 Å². The zero-order valence-corrected chi connectivity index (χ0v) is 6.20. The SMILES string of the molecule is CN1C(=S)OCC1C(F)F. The van der Waals surface area contributed by atoms with Crippen molar-refractivity contribution in [2.75, 3.05) is 13.7 Å². The van der Waals surface area contributed by atoms with E-state index < -0.39 is 12.5 Å². The summed E-state index contributed by atoms with van der Waals surface area (Å²) in [6.45, 7) is 0.00694. The van der Waals surface area contributed by atoms with Crippen LogP contribution >= 0.6 is 12.2 Å². The summed E-state index contributed by atoms with van der Waals surface area (Å²) in [7, 11) is 1.51. The van der Waals surface area contributed by atoms with Gasteiger partial charge in [0, 0.05) is 7.05 Å². The number of hydrogen-bond acceptors (Lipinski definition) is 2. The summed E-state index contributed by atoms with van der Waals surface area (Å²) in [5, 5.41) is 0.158. The molecule has 0 saturated carbocycles. The third-order valence-corrected chi connectivity index (χ3v) is 1.86. The van der Waals surface area contributed by atoms with E-state index in [-0.39, 0.29) is 11.8 Å². The second-order valence-electron chi connectivity index (χ2n) is 2.09. The second kappa shape index (κ2) is 2.65. The minimum Gasteiger partial charge on any atom is -0.468 e. The number of rotatable bonds is 1.